The monoisotopic (exact) mass is 402 g/mol. The molecule has 7 heteroatoms. The summed E-state index contributed by atoms with van der Waals surface area (Å²) in [6.45, 7) is 4.13. The number of hydrogen-bond acceptors (Lipinski definition) is 6. The van der Waals surface area contributed by atoms with Crippen molar-refractivity contribution in [3.8, 4) is 0 Å². The third kappa shape index (κ3) is 5.11. The summed E-state index contributed by atoms with van der Waals surface area (Å²) in [7, 11) is 0. The van der Waals surface area contributed by atoms with Crippen LogP contribution in [0.25, 0.3) is 0 Å². The number of nitrogens with one attached hydrogen (secondary N) is 2. The summed E-state index contributed by atoms with van der Waals surface area (Å²) >= 11 is 0. The number of amides is 1. The highest BCUT2D eigenvalue weighted by molar-refractivity contribution is 5.79. The predicted molar refractivity (Wildman–Crippen MR) is 118 cm³/mol. The predicted octanol–water partition coefficient (Wildman–Crippen LogP) is 3.46. The van der Waals surface area contributed by atoms with Gasteiger partial charge in [-0.15, -0.1) is 0 Å². The number of benzene rings is 1. The SMILES string of the molecule is Cc1ccc(Nc2cc(N3CCC(C(=O)NCc4ccccn4)CC3)ncn2)cc1. The Labute approximate surface area is 176 Å². The number of aryl methyl sites for hydroxylation is 1. The van der Waals surface area contributed by atoms with Crippen LogP contribution in [-0.4, -0.2) is 33.9 Å². The van der Waals surface area contributed by atoms with E-state index in [9.17, 15) is 4.79 Å². The molecule has 3 heterocycles. The Hall–Kier alpha value is -3.48. The van der Waals surface area contributed by atoms with E-state index >= 15 is 0 Å². The fraction of sp³-hybridized carbons (Fsp3) is 0.304. The summed E-state index contributed by atoms with van der Waals surface area (Å²) in [5, 5.41) is 6.33. The van der Waals surface area contributed by atoms with Gasteiger partial charge in [0.05, 0.1) is 12.2 Å². The van der Waals surface area contributed by atoms with Crippen LogP contribution in [0.4, 0.5) is 17.3 Å². The molecule has 1 aromatic carbocycles. The third-order valence-electron chi connectivity index (χ3n) is 5.34. The van der Waals surface area contributed by atoms with Gasteiger partial charge in [-0.1, -0.05) is 23.8 Å². The third-order valence-corrected chi connectivity index (χ3v) is 5.34. The van der Waals surface area contributed by atoms with Gasteiger partial charge in [0.25, 0.3) is 0 Å². The summed E-state index contributed by atoms with van der Waals surface area (Å²) in [5.74, 6) is 1.77. The van der Waals surface area contributed by atoms with Crippen LogP contribution in [-0.2, 0) is 11.3 Å². The molecule has 0 aliphatic carbocycles. The molecule has 30 heavy (non-hydrogen) atoms. The van der Waals surface area contributed by atoms with E-state index in [4.69, 9.17) is 0 Å². The van der Waals surface area contributed by atoms with E-state index in [-0.39, 0.29) is 11.8 Å². The lowest BCUT2D eigenvalue weighted by Gasteiger charge is -2.32. The molecule has 1 aliphatic heterocycles. The smallest absolute Gasteiger partial charge is 0.223 e. The Bertz CT molecular complexity index is 968. The lowest BCUT2D eigenvalue weighted by atomic mass is 9.96. The highest BCUT2D eigenvalue weighted by Gasteiger charge is 2.25. The summed E-state index contributed by atoms with van der Waals surface area (Å²) < 4.78 is 0. The van der Waals surface area contributed by atoms with Crippen LogP contribution in [0.15, 0.2) is 61.1 Å². The summed E-state index contributed by atoms with van der Waals surface area (Å²) in [4.78, 5) is 27.7. The first kappa shape index (κ1) is 19.8. The molecule has 0 radical (unpaired) electrons. The van der Waals surface area contributed by atoms with Gasteiger partial charge in [-0.3, -0.25) is 9.78 Å². The molecule has 0 unspecified atom stereocenters. The lowest BCUT2D eigenvalue weighted by molar-refractivity contribution is -0.125. The normalized spacial score (nSPS) is 14.4. The Kier molecular flexibility index (Phi) is 6.17. The first-order chi connectivity index (χ1) is 14.7. The van der Waals surface area contributed by atoms with E-state index in [1.165, 1.54) is 5.56 Å². The molecule has 1 fully saturated rings. The number of rotatable bonds is 6. The molecule has 1 amide bonds. The summed E-state index contributed by atoms with van der Waals surface area (Å²) in [6.07, 6.45) is 4.93. The Morgan fingerprint density at radius 3 is 2.60 bits per heavy atom. The zero-order chi connectivity index (χ0) is 20.8. The maximum atomic E-state index is 12.5. The van der Waals surface area contributed by atoms with Crippen LogP contribution in [0, 0.1) is 12.8 Å². The van der Waals surface area contributed by atoms with Crippen molar-refractivity contribution in [2.45, 2.75) is 26.3 Å². The fourth-order valence-corrected chi connectivity index (χ4v) is 3.57. The van der Waals surface area contributed by atoms with Crippen molar-refractivity contribution < 1.29 is 4.79 Å². The molecule has 3 aromatic rings. The number of carbonyl (C=O) groups excluding carboxylic acids is 1. The number of nitrogens with zero attached hydrogens (tertiary/aromatic N) is 4. The van der Waals surface area contributed by atoms with E-state index in [2.05, 4.69) is 49.5 Å². The number of carbonyl (C=O) groups is 1. The van der Waals surface area contributed by atoms with Crippen LogP contribution in [0.5, 0.6) is 0 Å². The Morgan fingerprint density at radius 2 is 1.87 bits per heavy atom. The molecule has 2 N–H and O–H groups in total. The molecular formula is C23H26N6O. The topological polar surface area (TPSA) is 83.0 Å². The van der Waals surface area contributed by atoms with Crippen LogP contribution < -0.4 is 15.5 Å². The highest BCUT2D eigenvalue weighted by Crippen LogP contribution is 2.24. The summed E-state index contributed by atoms with van der Waals surface area (Å²) in [6, 6.07) is 15.9. The van der Waals surface area contributed by atoms with Crippen molar-refractivity contribution in [3.05, 3.63) is 72.3 Å². The molecule has 7 nitrogen and oxygen atoms in total. The standard InChI is InChI=1S/C23H26N6O/c1-17-5-7-19(8-6-17)28-21-14-22(27-16-26-21)29-12-9-18(10-13-29)23(30)25-15-20-4-2-3-11-24-20/h2-8,11,14,16,18H,9-10,12-13,15H2,1H3,(H,25,30)(H,26,27,28). The van der Waals surface area contributed by atoms with Crippen LogP contribution in [0.1, 0.15) is 24.1 Å². The number of aromatic nitrogens is 3. The van der Waals surface area contributed by atoms with Crippen molar-refractivity contribution in [1.82, 2.24) is 20.3 Å². The van der Waals surface area contributed by atoms with Crippen molar-refractivity contribution >= 4 is 23.2 Å². The molecule has 4 rings (SSSR count). The minimum absolute atomic E-state index is 0.0250. The molecule has 0 spiro atoms. The largest absolute Gasteiger partial charge is 0.356 e. The molecule has 0 bridgehead atoms. The van der Waals surface area contributed by atoms with Gasteiger partial charge in [0.1, 0.15) is 18.0 Å². The molecular weight excluding hydrogens is 376 g/mol. The maximum Gasteiger partial charge on any atom is 0.223 e. The molecule has 1 aliphatic rings. The minimum Gasteiger partial charge on any atom is -0.356 e. The number of pyridine rings is 1. The van der Waals surface area contributed by atoms with Gasteiger partial charge in [0.2, 0.25) is 5.91 Å². The lowest BCUT2D eigenvalue weighted by Crippen LogP contribution is -2.40. The first-order valence-corrected chi connectivity index (χ1v) is 10.3. The fourth-order valence-electron chi connectivity index (χ4n) is 3.57. The van der Waals surface area contributed by atoms with Crippen molar-refractivity contribution in [1.29, 1.82) is 0 Å². The van der Waals surface area contributed by atoms with Crippen LogP contribution in [0.3, 0.4) is 0 Å². The molecule has 1 saturated heterocycles. The van der Waals surface area contributed by atoms with Crippen molar-refractivity contribution in [2.75, 3.05) is 23.3 Å². The van der Waals surface area contributed by atoms with Gasteiger partial charge in [0.15, 0.2) is 0 Å². The van der Waals surface area contributed by atoms with Crippen LogP contribution >= 0.6 is 0 Å². The zero-order valence-electron chi connectivity index (χ0n) is 17.1. The zero-order valence-corrected chi connectivity index (χ0v) is 17.1. The van der Waals surface area contributed by atoms with Gasteiger partial charge in [-0.2, -0.15) is 0 Å². The molecule has 0 atom stereocenters. The molecule has 154 valence electrons. The summed E-state index contributed by atoms with van der Waals surface area (Å²) in [5.41, 5.74) is 3.09. The first-order valence-electron chi connectivity index (χ1n) is 10.3. The van der Waals surface area contributed by atoms with E-state index in [0.29, 0.717) is 6.54 Å². The quantitative estimate of drug-likeness (QED) is 0.657. The highest BCUT2D eigenvalue weighted by atomic mass is 16.1. The number of piperidine rings is 1. The van der Waals surface area contributed by atoms with E-state index in [1.807, 2.05) is 36.4 Å². The number of anilines is 3. The van der Waals surface area contributed by atoms with Gasteiger partial charge in [0, 0.05) is 37.0 Å². The van der Waals surface area contributed by atoms with E-state index in [1.54, 1.807) is 12.5 Å². The second kappa shape index (κ2) is 9.35. The average Bonchev–Trinajstić information content (AvgIpc) is 2.80. The van der Waals surface area contributed by atoms with Crippen molar-refractivity contribution in [3.63, 3.8) is 0 Å². The second-order valence-electron chi connectivity index (χ2n) is 7.55. The maximum absolute atomic E-state index is 12.5. The second-order valence-corrected chi connectivity index (χ2v) is 7.55. The minimum atomic E-state index is 0.0250. The number of hydrogen-bond donors (Lipinski definition) is 2. The molecule has 0 saturated carbocycles. The van der Waals surface area contributed by atoms with E-state index < -0.39 is 0 Å². The van der Waals surface area contributed by atoms with Gasteiger partial charge in [-0.05, 0) is 44.0 Å². The average molecular weight is 403 g/mol. The Morgan fingerprint density at radius 1 is 1.07 bits per heavy atom. The van der Waals surface area contributed by atoms with Gasteiger partial charge >= 0.3 is 0 Å². The van der Waals surface area contributed by atoms with Gasteiger partial charge < -0.3 is 15.5 Å². The van der Waals surface area contributed by atoms with Crippen molar-refractivity contribution in [2.24, 2.45) is 5.92 Å². The van der Waals surface area contributed by atoms with Crippen LogP contribution in [0.2, 0.25) is 0 Å². The van der Waals surface area contributed by atoms with E-state index in [0.717, 1.165) is 48.9 Å². The van der Waals surface area contributed by atoms with Gasteiger partial charge in [-0.25, -0.2) is 9.97 Å². The Balaban J connectivity index is 1.30. The molecule has 2 aromatic heterocycles.